The van der Waals surface area contributed by atoms with Gasteiger partial charge in [-0.2, -0.15) is 0 Å². The predicted molar refractivity (Wildman–Crippen MR) is 61.4 cm³/mol. The first-order chi connectivity index (χ1) is 8.13. The number of nitrogens with zero attached hydrogens (tertiary/aromatic N) is 2. The van der Waals surface area contributed by atoms with Crippen LogP contribution in [0, 0.1) is 6.92 Å². The topological polar surface area (TPSA) is 94.0 Å². The molecule has 1 aliphatic rings. The number of aryl methyl sites for hydroxylation is 1. The number of fused-ring (bicyclic) bond motifs is 1. The van der Waals surface area contributed by atoms with E-state index in [2.05, 4.69) is 15.3 Å². The second kappa shape index (κ2) is 3.44. The molecular weight excluding hydrogens is 220 g/mol. The number of rotatable bonds is 2. The molecule has 6 heteroatoms. The number of nitrogens with two attached hydrogens (primary N) is 1. The highest BCUT2D eigenvalue weighted by molar-refractivity contribution is 5.97. The molecule has 1 amide bonds. The van der Waals surface area contributed by atoms with Crippen LogP contribution in [0.5, 0.6) is 0 Å². The molecule has 6 nitrogen and oxygen atoms in total. The van der Waals surface area contributed by atoms with Crippen molar-refractivity contribution in [3.05, 3.63) is 17.7 Å². The molecule has 0 bridgehead atoms. The number of hydrogen-bond donors (Lipinski definition) is 2. The number of anilines is 1. The van der Waals surface area contributed by atoms with Crippen LogP contribution in [0.1, 0.15) is 29.2 Å². The molecule has 0 aliphatic heterocycles. The number of carbonyl (C=O) groups is 1. The quantitative estimate of drug-likeness (QED) is 0.805. The van der Waals surface area contributed by atoms with Crippen molar-refractivity contribution in [3.63, 3.8) is 0 Å². The fraction of sp³-hybridized carbons (Fsp3) is 0.364. The Labute approximate surface area is 97.2 Å². The Morgan fingerprint density at radius 2 is 2.29 bits per heavy atom. The maximum atomic E-state index is 11.8. The molecule has 0 radical (unpaired) electrons. The number of nitrogen functional groups attached to an aromatic ring is 1. The number of nitrogens with one attached hydrogen (secondary N) is 1. The summed E-state index contributed by atoms with van der Waals surface area (Å²) < 4.78 is 5.38. The standard InChI is InChI=1S/C11H12N4O2/c1-5-13-7-4-8(11(16)15-6-2-3-6)17-9(7)10(12)14-5/h4,6H,2-3H2,1H3,(H,15,16)(H2,12,13,14). The maximum Gasteiger partial charge on any atom is 0.287 e. The van der Waals surface area contributed by atoms with Crippen LogP contribution in [0.4, 0.5) is 5.82 Å². The Morgan fingerprint density at radius 3 is 3.00 bits per heavy atom. The SMILES string of the molecule is Cc1nc(N)c2oc(C(=O)NC3CC3)cc2n1. The first-order valence-corrected chi connectivity index (χ1v) is 5.48. The first-order valence-electron chi connectivity index (χ1n) is 5.48. The molecule has 1 aliphatic carbocycles. The van der Waals surface area contributed by atoms with Crippen molar-refractivity contribution in [3.8, 4) is 0 Å². The minimum absolute atomic E-state index is 0.220. The molecule has 88 valence electrons. The van der Waals surface area contributed by atoms with Crippen molar-refractivity contribution >= 4 is 22.8 Å². The summed E-state index contributed by atoms with van der Waals surface area (Å²) in [5, 5.41) is 2.84. The van der Waals surface area contributed by atoms with E-state index in [9.17, 15) is 4.79 Å². The summed E-state index contributed by atoms with van der Waals surface area (Å²) >= 11 is 0. The summed E-state index contributed by atoms with van der Waals surface area (Å²) in [6.07, 6.45) is 2.07. The van der Waals surface area contributed by atoms with Gasteiger partial charge in [-0.25, -0.2) is 9.97 Å². The molecule has 1 saturated carbocycles. The average Bonchev–Trinajstić information content (AvgIpc) is 2.94. The van der Waals surface area contributed by atoms with Crippen LogP contribution >= 0.6 is 0 Å². The predicted octanol–water partition coefficient (Wildman–Crippen LogP) is 1.01. The van der Waals surface area contributed by atoms with Crippen LogP contribution in [0.2, 0.25) is 0 Å². The summed E-state index contributed by atoms with van der Waals surface area (Å²) in [6.45, 7) is 1.74. The molecule has 2 aromatic rings. The Balaban J connectivity index is 2.00. The Morgan fingerprint density at radius 1 is 1.53 bits per heavy atom. The minimum atomic E-state index is -0.220. The molecule has 0 saturated heterocycles. The van der Waals surface area contributed by atoms with Crippen LogP contribution in [0.3, 0.4) is 0 Å². The van der Waals surface area contributed by atoms with E-state index in [1.54, 1.807) is 13.0 Å². The van der Waals surface area contributed by atoms with E-state index < -0.39 is 0 Å². The third kappa shape index (κ3) is 1.82. The third-order valence-corrected chi connectivity index (χ3v) is 2.65. The molecule has 3 rings (SSSR count). The van der Waals surface area contributed by atoms with Gasteiger partial charge in [-0.15, -0.1) is 0 Å². The monoisotopic (exact) mass is 232 g/mol. The Bertz CT molecular complexity index is 601. The van der Waals surface area contributed by atoms with Crippen molar-refractivity contribution in [1.29, 1.82) is 0 Å². The molecule has 0 spiro atoms. The average molecular weight is 232 g/mol. The number of hydrogen-bond acceptors (Lipinski definition) is 5. The van der Waals surface area contributed by atoms with Gasteiger partial charge in [0.15, 0.2) is 17.2 Å². The van der Waals surface area contributed by atoms with Gasteiger partial charge in [0, 0.05) is 12.1 Å². The summed E-state index contributed by atoms with van der Waals surface area (Å²) in [5.74, 6) is 0.837. The summed E-state index contributed by atoms with van der Waals surface area (Å²) in [7, 11) is 0. The number of aromatic nitrogens is 2. The van der Waals surface area contributed by atoms with Crippen molar-refractivity contribution in [2.75, 3.05) is 5.73 Å². The fourth-order valence-electron chi connectivity index (χ4n) is 1.67. The van der Waals surface area contributed by atoms with Gasteiger partial charge in [0.25, 0.3) is 5.91 Å². The van der Waals surface area contributed by atoms with Gasteiger partial charge in [-0.05, 0) is 19.8 Å². The molecule has 0 aromatic carbocycles. The highest BCUT2D eigenvalue weighted by Crippen LogP contribution is 2.24. The van der Waals surface area contributed by atoms with Gasteiger partial charge in [0.2, 0.25) is 0 Å². The molecule has 0 unspecified atom stereocenters. The first kappa shape index (κ1) is 10.1. The molecule has 2 aromatic heterocycles. The van der Waals surface area contributed by atoms with Gasteiger partial charge in [0.05, 0.1) is 0 Å². The molecule has 3 N–H and O–H groups in total. The van der Waals surface area contributed by atoms with Gasteiger partial charge in [-0.3, -0.25) is 4.79 Å². The van der Waals surface area contributed by atoms with Crippen LogP contribution in [0.15, 0.2) is 10.5 Å². The number of carbonyl (C=O) groups excluding carboxylic acids is 1. The van der Waals surface area contributed by atoms with Gasteiger partial charge >= 0.3 is 0 Å². The van der Waals surface area contributed by atoms with E-state index in [1.165, 1.54) is 0 Å². The molecule has 0 atom stereocenters. The Kier molecular flexibility index (Phi) is 2.04. The highest BCUT2D eigenvalue weighted by atomic mass is 16.3. The zero-order valence-corrected chi connectivity index (χ0v) is 9.36. The number of furan rings is 1. The molecule has 17 heavy (non-hydrogen) atoms. The maximum absolute atomic E-state index is 11.8. The van der Waals surface area contributed by atoms with Crippen LogP contribution in [0.25, 0.3) is 11.1 Å². The minimum Gasteiger partial charge on any atom is -0.445 e. The van der Waals surface area contributed by atoms with Crippen molar-refractivity contribution in [2.45, 2.75) is 25.8 Å². The van der Waals surface area contributed by atoms with Crippen LogP contribution in [-0.4, -0.2) is 21.9 Å². The lowest BCUT2D eigenvalue weighted by molar-refractivity contribution is 0.0925. The highest BCUT2D eigenvalue weighted by Gasteiger charge is 2.25. The second-order valence-corrected chi connectivity index (χ2v) is 4.23. The number of amides is 1. The lowest BCUT2D eigenvalue weighted by Gasteiger charge is -1.98. The lowest BCUT2D eigenvalue weighted by atomic mass is 10.3. The fourth-order valence-corrected chi connectivity index (χ4v) is 1.67. The van der Waals surface area contributed by atoms with Crippen LogP contribution in [-0.2, 0) is 0 Å². The van der Waals surface area contributed by atoms with E-state index in [1.807, 2.05) is 0 Å². The van der Waals surface area contributed by atoms with E-state index in [-0.39, 0.29) is 17.5 Å². The summed E-state index contributed by atoms with van der Waals surface area (Å²) in [6, 6.07) is 1.89. The van der Waals surface area contributed by atoms with Crippen LogP contribution < -0.4 is 11.1 Å². The van der Waals surface area contributed by atoms with Crippen molar-refractivity contribution in [2.24, 2.45) is 0 Å². The van der Waals surface area contributed by atoms with Gasteiger partial charge in [-0.1, -0.05) is 0 Å². The third-order valence-electron chi connectivity index (χ3n) is 2.65. The second-order valence-electron chi connectivity index (χ2n) is 4.23. The van der Waals surface area contributed by atoms with E-state index in [0.717, 1.165) is 12.8 Å². The van der Waals surface area contributed by atoms with E-state index >= 15 is 0 Å². The normalized spacial score (nSPS) is 15.1. The largest absolute Gasteiger partial charge is 0.445 e. The zero-order chi connectivity index (χ0) is 12.0. The molecule has 1 fully saturated rings. The smallest absolute Gasteiger partial charge is 0.287 e. The van der Waals surface area contributed by atoms with Crippen molar-refractivity contribution < 1.29 is 9.21 Å². The van der Waals surface area contributed by atoms with E-state index in [4.69, 9.17) is 10.2 Å². The van der Waals surface area contributed by atoms with Gasteiger partial charge < -0.3 is 15.5 Å². The lowest BCUT2D eigenvalue weighted by Crippen LogP contribution is -2.24. The molecular formula is C11H12N4O2. The van der Waals surface area contributed by atoms with Gasteiger partial charge in [0.1, 0.15) is 11.3 Å². The Hall–Kier alpha value is -2.11. The zero-order valence-electron chi connectivity index (χ0n) is 9.36. The summed E-state index contributed by atoms with van der Waals surface area (Å²) in [4.78, 5) is 19.9. The molecule has 2 heterocycles. The van der Waals surface area contributed by atoms with Crippen molar-refractivity contribution in [1.82, 2.24) is 15.3 Å². The van der Waals surface area contributed by atoms with E-state index in [0.29, 0.717) is 23.0 Å². The summed E-state index contributed by atoms with van der Waals surface area (Å²) in [5.41, 5.74) is 6.65.